The number of fused-ring (bicyclic) bond motifs is 1. The van der Waals surface area contributed by atoms with Crippen molar-refractivity contribution >= 4 is 27.5 Å². The van der Waals surface area contributed by atoms with Crippen molar-refractivity contribution < 1.29 is 9.18 Å². The number of carbonyl (C=O) groups excluding carboxylic acids is 1. The minimum Gasteiger partial charge on any atom is -0.329 e. The van der Waals surface area contributed by atoms with E-state index in [1.807, 2.05) is 42.6 Å². The molecule has 0 fully saturated rings. The van der Waals surface area contributed by atoms with Crippen LogP contribution in [0.4, 0.5) is 4.39 Å². The summed E-state index contributed by atoms with van der Waals surface area (Å²) in [5.41, 5.74) is 7.05. The zero-order valence-electron chi connectivity index (χ0n) is 18.3. The molecule has 0 saturated heterocycles. The van der Waals surface area contributed by atoms with Crippen LogP contribution in [0.25, 0.3) is 10.2 Å². The Bertz CT molecular complexity index is 1300. The molecule has 2 aromatic heterocycles. The summed E-state index contributed by atoms with van der Waals surface area (Å²) in [5.74, 6) is -0.171. The van der Waals surface area contributed by atoms with Crippen LogP contribution in [0.2, 0.25) is 0 Å². The first-order valence-corrected chi connectivity index (χ1v) is 11.7. The first kappa shape index (κ1) is 22.8. The van der Waals surface area contributed by atoms with Crippen LogP contribution in [0.5, 0.6) is 0 Å². The van der Waals surface area contributed by atoms with E-state index in [2.05, 4.69) is 0 Å². The molecule has 0 aliphatic rings. The first-order valence-electron chi connectivity index (χ1n) is 10.8. The van der Waals surface area contributed by atoms with Gasteiger partial charge in [-0.05, 0) is 47.7 Å². The van der Waals surface area contributed by atoms with E-state index < -0.39 is 11.9 Å². The van der Waals surface area contributed by atoms with E-state index in [1.54, 1.807) is 15.5 Å². The number of amides is 1. The molecule has 0 aliphatic heterocycles. The predicted octanol–water partition coefficient (Wildman–Crippen LogP) is 4.20. The third-order valence-corrected chi connectivity index (χ3v) is 6.39. The number of hydrogen-bond donors (Lipinski definition) is 1. The minimum absolute atomic E-state index is 0.138. The number of hydrogen-bond acceptors (Lipinski definition) is 5. The number of nitrogens with two attached hydrogens (primary N) is 1. The molecule has 2 N–H and O–H groups in total. The Hall–Kier alpha value is -3.36. The van der Waals surface area contributed by atoms with Crippen molar-refractivity contribution in [3.63, 3.8) is 0 Å². The maximum absolute atomic E-state index is 13.5. The maximum atomic E-state index is 13.5. The molecule has 0 radical (unpaired) electrons. The lowest BCUT2D eigenvalue weighted by atomic mass is 10.1. The highest BCUT2D eigenvalue weighted by Gasteiger charge is 2.29. The molecule has 2 aromatic carbocycles. The Morgan fingerprint density at radius 2 is 1.88 bits per heavy atom. The van der Waals surface area contributed by atoms with Gasteiger partial charge in [0.05, 0.1) is 18.0 Å². The molecule has 0 spiro atoms. The average Bonchev–Trinajstić information content (AvgIpc) is 3.31. The van der Waals surface area contributed by atoms with E-state index in [-0.39, 0.29) is 24.6 Å². The average molecular weight is 465 g/mol. The van der Waals surface area contributed by atoms with Gasteiger partial charge in [0.1, 0.15) is 16.5 Å². The van der Waals surface area contributed by atoms with Crippen molar-refractivity contribution in [1.82, 2.24) is 14.5 Å². The van der Waals surface area contributed by atoms with Crippen LogP contribution < -0.4 is 11.3 Å². The van der Waals surface area contributed by atoms with Gasteiger partial charge in [0.15, 0.2) is 0 Å². The second-order valence-corrected chi connectivity index (χ2v) is 8.60. The molecule has 2 heterocycles. The quantitative estimate of drug-likeness (QED) is 0.424. The van der Waals surface area contributed by atoms with Gasteiger partial charge in [0.2, 0.25) is 0 Å². The summed E-state index contributed by atoms with van der Waals surface area (Å²) in [7, 11) is 0. The van der Waals surface area contributed by atoms with E-state index in [1.165, 1.54) is 35.6 Å². The molecule has 33 heavy (non-hydrogen) atoms. The Balaban J connectivity index is 1.84. The normalized spacial score (nSPS) is 12.1. The van der Waals surface area contributed by atoms with E-state index in [9.17, 15) is 14.0 Å². The third-order valence-electron chi connectivity index (χ3n) is 5.58. The molecule has 6 nitrogen and oxygen atoms in total. The fourth-order valence-corrected chi connectivity index (χ4v) is 4.74. The Labute approximate surface area is 195 Å². The number of benzene rings is 2. The second-order valence-electron chi connectivity index (χ2n) is 7.70. The lowest BCUT2D eigenvalue weighted by Crippen LogP contribution is -2.41. The van der Waals surface area contributed by atoms with Crippen molar-refractivity contribution in [3.05, 3.63) is 99.2 Å². The van der Waals surface area contributed by atoms with Gasteiger partial charge in [0.25, 0.3) is 11.5 Å². The summed E-state index contributed by atoms with van der Waals surface area (Å²) >= 11 is 1.40. The molecular weight excluding hydrogens is 439 g/mol. The minimum atomic E-state index is -0.478. The SMILES string of the molecule is CCC(c1nc2sccc2c(=O)n1Cc1ccccc1)N(CCN)C(=O)c1ccc(F)cc1. The van der Waals surface area contributed by atoms with Gasteiger partial charge < -0.3 is 10.6 Å². The zero-order chi connectivity index (χ0) is 23.4. The third kappa shape index (κ3) is 4.72. The molecule has 1 unspecified atom stereocenters. The van der Waals surface area contributed by atoms with E-state index >= 15 is 0 Å². The summed E-state index contributed by atoms with van der Waals surface area (Å²) in [4.78, 5) is 34.0. The highest BCUT2D eigenvalue weighted by molar-refractivity contribution is 7.16. The van der Waals surface area contributed by atoms with Gasteiger partial charge in [-0.25, -0.2) is 9.37 Å². The van der Waals surface area contributed by atoms with Crippen molar-refractivity contribution in [2.45, 2.75) is 25.9 Å². The number of aromatic nitrogens is 2. The van der Waals surface area contributed by atoms with Crippen LogP contribution >= 0.6 is 11.3 Å². The standard InChI is InChI=1S/C25H25FN4O2S/c1-2-21(29(14-13-27)24(31)18-8-10-19(26)11-9-18)22-28-23-20(12-15-33-23)25(32)30(22)16-17-6-4-3-5-7-17/h3-12,15,21H,2,13-14,16,27H2,1H3. The molecule has 4 rings (SSSR count). The van der Waals surface area contributed by atoms with Gasteiger partial charge >= 0.3 is 0 Å². The van der Waals surface area contributed by atoms with Crippen LogP contribution in [0.3, 0.4) is 0 Å². The van der Waals surface area contributed by atoms with Gasteiger partial charge in [0, 0.05) is 18.7 Å². The number of rotatable bonds is 8. The second kappa shape index (κ2) is 10.1. The molecule has 0 aliphatic carbocycles. The summed E-state index contributed by atoms with van der Waals surface area (Å²) < 4.78 is 15.1. The highest BCUT2D eigenvalue weighted by Crippen LogP contribution is 2.27. The molecule has 0 saturated carbocycles. The molecule has 170 valence electrons. The summed E-state index contributed by atoms with van der Waals surface area (Å²) in [6.07, 6.45) is 0.533. The van der Waals surface area contributed by atoms with Crippen LogP contribution in [0.15, 0.2) is 70.8 Å². The number of thiophene rings is 1. The van der Waals surface area contributed by atoms with Crippen LogP contribution in [-0.4, -0.2) is 33.4 Å². The number of nitrogens with zero attached hydrogens (tertiary/aromatic N) is 3. The lowest BCUT2D eigenvalue weighted by molar-refractivity contribution is 0.0664. The van der Waals surface area contributed by atoms with Crippen molar-refractivity contribution in [1.29, 1.82) is 0 Å². The summed E-state index contributed by atoms with van der Waals surface area (Å²) in [6.45, 7) is 2.81. The highest BCUT2D eigenvalue weighted by atomic mass is 32.1. The van der Waals surface area contributed by atoms with Crippen LogP contribution in [0, 0.1) is 5.82 Å². The van der Waals surface area contributed by atoms with Crippen LogP contribution in [-0.2, 0) is 6.54 Å². The zero-order valence-corrected chi connectivity index (χ0v) is 19.1. The van der Waals surface area contributed by atoms with Crippen molar-refractivity contribution in [3.8, 4) is 0 Å². The monoisotopic (exact) mass is 464 g/mol. The van der Waals surface area contributed by atoms with E-state index in [4.69, 9.17) is 10.7 Å². The lowest BCUT2D eigenvalue weighted by Gasteiger charge is -2.32. The smallest absolute Gasteiger partial charge is 0.262 e. The summed E-state index contributed by atoms with van der Waals surface area (Å²) in [5, 5.41) is 2.41. The maximum Gasteiger partial charge on any atom is 0.262 e. The Kier molecular flexibility index (Phi) is 6.96. The molecule has 4 aromatic rings. The van der Waals surface area contributed by atoms with Crippen LogP contribution in [0.1, 0.15) is 41.1 Å². The summed E-state index contributed by atoms with van der Waals surface area (Å²) in [6, 6.07) is 16.4. The number of carbonyl (C=O) groups is 1. The van der Waals surface area contributed by atoms with Crippen molar-refractivity contribution in [2.24, 2.45) is 5.73 Å². The Morgan fingerprint density at radius 3 is 2.55 bits per heavy atom. The molecule has 1 atom stereocenters. The van der Waals surface area contributed by atoms with Gasteiger partial charge in [-0.1, -0.05) is 37.3 Å². The number of halogens is 1. The molecule has 1 amide bonds. The molecular formula is C25H25FN4O2S. The molecule has 8 heteroatoms. The largest absolute Gasteiger partial charge is 0.329 e. The van der Waals surface area contributed by atoms with Gasteiger partial charge in [-0.2, -0.15) is 0 Å². The fraction of sp³-hybridized carbons (Fsp3) is 0.240. The van der Waals surface area contributed by atoms with E-state index in [0.717, 1.165) is 5.56 Å². The fourth-order valence-electron chi connectivity index (χ4n) is 3.98. The van der Waals surface area contributed by atoms with Gasteiger partial charge in [-0.3, -0.25) is 14.2 Å². The van der Waals surface area contributed by atoms with E-state index in [0.29, 0.717) is 34.6 Å². The van der Waals surface area contributed by atoms with Crippen molar-refractivity contribution in [2.75, 3.05) is 13.1 Å². The van der Waals surface area contributed by atoms with Gasteiger partial charge in [-0.15, -0.1) is 11.3 Å². The first-order chi connectivity index (χ1) is 16.0. The topological polar surface area (TPSA) is 81.2 Å². The molecule has 0 bridgehead atoms. The Morgan fingerprint density at radius 1 is 1.15 bits per heavy atom. The predicted molar refractivity (Wildman–Crippen MR) is 129 cm³/mol.